The Morgan fingerprint density at radius 2 is 2.11 bits per heavy atom. The molecule has 6 heteroatoms. The van der Waals surface area contributed by atoms with Gasteiger partial charge in [0, 0.05) is 17.5 Å². The summed E-state index contributed by atoms with van der Waals surface area (Å²) in [6.45, 7) is 9.48. The van der Waals surface area contributed by atoms with Gasteiger partial charge in [0.15, 0.2) is 0 Å². The van der Waals surface area contributed by atoms with Gasteiger partial charge in [-0.15, -0.1) is 11.3 Å². The van der Waals surface area contributed by atoms with E-state index in [9.17, 15) is 8.42 Å². The Hall–Kier alpha value is -0.430. The Kier molecular flexibility index (Phi) is 4.07. The zero-order valence-electron chi connectivity index (χ0n) is 11.9. The van der Waals surface area contributed by atoms with Crippen LogP contribution in [0.15, 0.2) is 10.3 Å². The van der Waals surface area contributed by atoms with Crippen LogP contribution in [0.4, 0.5) is 0 Å². The zero-order valence-corrected chi connectivity index (χ0v) is 13.5. The molecule has 2 rings (SSSR count). The van der Waals surface area contributed by atoms with Crippen molar-refractivity contribution in [2.24, 2.45) is 5.41 Å². The molecule has 19 heavy (non-hydrogen) atoms. The second-order valence-corrected chi connectivity index (χ2v) is 8.43. The first-order valence-electron chi connectivity index (χ1n) is 6.58. The minimum absolute atomic E-state index is 0.0729. The molecule has 1 aliphatic rings. The molecule has 1 aliphatic carbocycles. The molecule has 4 nitrogen and oxygen atoms in total. The number of nitrogens with one attached hydrogen (secondary N) is 2. The number of thiophene rings is 1. The van der Waals surface area contributed by atoms with Crippen LogP contribution in [0.25, 0.3) is 0 Å². The molecule has 2 N–H and O–H groups in total. The highest BCUT2D eigenvalue weighted by molar-refractivity contribution is 7.89. The normalized spacial score (nSPS) is 21.6. The number of aryl methyl sites for hydroxylation is 1. The predicted molar refractivity (Wildman–Crippen MR) is 78.9 cm³/mol. The fraction of sp³-hybridized carbons (Fsp3) is 0.692. The summed E-state index contributed by atoms with van der Waals surface area (Å²) >= 11 is 1.51. The third-order valence-electron chi connectivity index (χ3n) is 3.60. The van der Waals surface area contributed by atoms with Crippen molar-refractivity contribution in [1.82, 2.24) is 10.0 Å². The molecule has 0 amide bonds. The third-order valence-corrected chi connectivity index (χ3v) is 6.54. The highest BCUT2D eigenvalue weighted by atomic mass is 32.2. The van der Waals surface area contributed by atoms with Crippen LogP contribution in [0.3, 0.4) is 0 Å². The first-order chi connectivity index (χ1) is 8.78. The second-order valence-electron chi connectivity index (χ2n) is 5.82. The van der Waals surface area contributed by atoms with Gasteiger partial charge in [-0.3, -0.25) is 0 Å². The lowest BCUT2D eigenvalue weighted by atomic mass is 10.2. The summed E-state index contributed by atoms with van der Waals surface area (Å²) < 4.78 is 27.8. The Labute approximate surface area is 119 Å². The number of hydrogen-bond acceptors (Lipinski definition) is 4. The van der Waals surface area contributed by atoms with Crippen molar-refractivity contribution in [3.05, 3.63) is 15.8 Å². The average Bonchev–Trinajstić information content (AvgIpc) is 2.71. The lowest BCUT2D eigenvalue weighted by Gasteiger charge is -2.10. The summed E-state index contributed by atoms with van der Waals surface area (Å²) in [6.07, 6.45) is 0.915. The van der Waals surface area contributed by atoms with E-state index in [1.54, 1.807) is 0 Å². The topological polar surface area (TPSA) is 58.2 Å². The molecule has 0 aromatic carbocycles. The molecule has 1 saturated carbocycles. The maximum Gasteiger partial charge on any atom is 0.242 e. The van der Waals surface area contributed by atoms with Crippen LogP contribution in [0.2, 0.25) is 0 Å². The molecule has 1 atom stereocenters. The van der Waals surface area contributed by atoms with E-state index in [1.807, 2.05) is 19.2 Å². The van der Waals surface area contributed by atoms with Gasteiger partial charge in [0.2, 0.25) is 10.0 Å². The van der Waals surface area contributed by atoms with Gasteiger partial charge in [-0.1, -0.05) is 20.8 Å². The van der Waals surface area contributed by atoms with Gasteiger partial charge in [0.25, 0.3) is 0 Å². The standard InChI is InChI=1S/C13H22N2O2S2/c1-5-14-7-10-12(9(2)8-18-10)19(16,17)15-11-6-13(11,3)4/h8,11,14-15H,5-7H2,1-4H3. The van der Waals surface area contributed by atoms with Gasteiger partial charge < -0.3 is 5.32 Å². The molecule has 0 spiro atoms. The number of hydrogen-bond donors (Lipinski definition) is 2. The van der Waals surface area contributed by atoms with Crippen molar-refractivity contribution in [3.63, 3.8) is 0 Å². The largest absolute Gasteiger partial charge is 0.312 e. The molecule has 1 aromatic rings. The Balaban J connectivity index is 2.22. The minimum atomic E-state index is -3.40. The molecule has 1 fully saturated rings. The van der Waals surface area contributed by atoms with Gasteiger partial charge in [0.05, 0.1) is 0 Å². The van der Waals surface area contributed by atoms with Crippen molar-refractivity contribution in [3.8, 4) is 0 Å². The van der Waals surface area contributed by atoms with Crippen LogP contribution in [-0.2, 0) is 16.6 Å². The van der Waals surface area contributed by atoms with Crippen LogP contribution in [-0.4, -0.2) is 21.0 Å². The molecule has 0 saturated heterocycles. The van der Waals surface area contributed by atoms with Crippen molar-refractivity contribution in [1.29, 1.82) is 0 Å². The molecular formula is C13H22N2O2S2. The number of rotatable bonds is 6. The van der Waals surface area contributed by atoms with Crippen LogP contribution >= 0.6 is 11.3 Å². The summed E-state index contributed by atoms with van der Waals surface area (Å²) in [6, 6.07) is 0.0729. The smallest absolute Gasteiger partial charge is 0.242 e. The zero-order chi connectivity index (χ0) is 14.3. The highest BCUT2D eigenvalue weighted by Gasteiger charge is 2.48. The van der Waals surface area contributed by atoms with Crippen molar-refractivity contribution < 1.29 is 8.42 Å². The molecule has 0 radical (unpaired) electrons. The Morgan fingerprint density at radius 1 is 1.47 bits per heavy atom. The monoisotopic (exact) mass is 302 g/mol. The predicted octanol–water partition coefficient (Wildman–Crippen LogP) is 2.24. The van der Waals surface area contributed by atoms with Crippen LogP contribution in [0.1, 0.15) is 37.6 Å². The van der Waals surface area contributed by atoms with E-state index in [1.165, 1.54) is 11.3 Å². The first-order valence-corrected chi connectivity index (χ1v) is 8.94. The SMILES string of the molecule is CCNCc1scc(C)c1S(=O)(=O)NC1CC1(C)C. The quantitative estimate of drug-likeness (QED) is 0.847. The first kappa shape index (κ1) is 15.0. The minimum Gasteiger partial charge on any atom is -0.312 e. The molecule has 0 bridgehead atoms. The van der Waals surface area contributed by atoms with E-state index in [0.717, 1.165) is 23.4 Å². The van der Waals surface area contributed by atoms with E-state index in [2.05, 4.69) is 23.9 Å². The van der Waals surface area contributed by atoms with E-state index < -0.39 is 10.0 Å². The van der Waals surface area contributed by atoms with Gasteiger partial charge in [-0.25, -0.2) is 13.1 Å². The van der Waals surface area contributed by atoms with E-state index in [-0.39, 0.29) is 11.5 Å². The maximum absolute atomic E-state index is 12.5. The fourth-order valence-electron chi connectivity index (χ4n) is 2.12. The maximum atomic E-state index is 12.5. The molecule has 108 valence electrons. The number of sulfonamides is 1. The third kappa shape index (κ3) is 3.18. The summed E-state index contributed by atoms with van der Waals surface area (Å²) in [5.41, 5.74) is 0.933. The van der Waals surface area contributed by atoms with Gasteiger partial charge in [-0.05, 0) is 36.2 Å². The van der Waals surface area contributed by atoms with Gasteiger partial charge in [0.1, 0.15) is 4.90 Å². The summed E-state index contributed by atoms with van der Waals surface area (Å²) in [7, 11) is -3.40. The van der Waals surface area contributed by atoms with E-state index in [4.69, 9.17) is 0 Å². The highest BCUT2D eigenvalue weighted by Crippen LogP contribution is 2.45. The lowest BCUT2D eigenvalue weighted by Crippen LogP contribution is -2.29. The molecule has 0 aliphatic heterocycles. The average molecular weight is 302 g/mol. The summed E-state index contributed by atoms with van der Waals surface area (Å²) in [4.78, 5) is 1.37. The summed E-state index contributed by atoms with van der Waals surface area (Å²) in [5, 5.41) is 5.11. The van der Waals surface area contributed by atoms with Crippen LogP contribution in [0.5, 0.6) is 0 Å². The molecule has 1 aromatic heterocycles. The fourth-order valence-corrected chi connectivity index (χ4v) is 5.31. The van der Waals surface area contributed by atoms with Crippen molar-refractivity contribution in [2.45, 2.75) is 51.6 Å². The summed E-state index contributed by atoms with van der Waals surface area (Å²) in [5.74, 6) is 0. The molecular weight excluding hydrogens is 280 g/mol. The Morgan fingerprint density at radius 3 is 2.63 bits per heavy atom. The van der Waals surface area contributed by atoms with E-state index in [0.29, 0.717) is 11.4 Å². The van der Waals surface area contributed by atoms with Crippen LogP contribution in [0, 0.1) is 12.3 Å². The van der Waals surface area contributed by atoms with Gasteiger partial charge in [-0.2, -0.15) is 0 Å². The van der Waals surface area contributed by atoms with Gasteiger partial charge >= 0.3 is 0 Å². The Bertz CT molecular complexity index is 561. The molecule has 1 unspecified atom stereocenters. The van der Waals surface area contributed by atoms with Crippen LogP contribution < -0.4 is 10.0 Å². The van der Waals surface area contributed by atoms with Crippen molar-refractivity contribution >= 4 is 21.4 Å². The lowest BCUT2D eigenvalue weighted by molar-refractivity contribution is 0.553. The molecule has 1 heterocycles. The van der Waals surface area contributed by atoms with E-state index >= 15 is 0 Å². The second kappa shape index (κ2) is 5.16. The van der Waals surface area contributed by atoms with Crippen molar-refractivity contribution in [2.75, 3.05) is 6.54 Å².